The second kappa shape index (κ2) is 4.14. The van der Waals surface area contributed by atoms with Gasteiger partial charge in [0.25, 0.3) is 0 Å². The van der Waals surface area contributed by atoms with E-state index in [0.717, 1.165) is 22.0 Å². The van der Waals surface area contributed by atoms with E-state index >= 15 is 0 Å². The zero-order valence-corrected chi connectivity index (χ0v) is 10.6. The second-order valence-electron chi connectivity index (χ2n) is 3.83. The van der Waals surface area contributed by atoms with Gasteiger partial charge in [-0.3, -0.25) is 4.68 Å². The van der Waals surface area contributed by atoms with Crippen LogP contribution in [0, 0.1) is 12.3 Å². The number of terminal acetylenes is 1. The monoisotopic (exact) mass is 260 g/mol. The lowest BCUT2D eigenvalue weighted by molar-refractivity contribution is 0.717. The normalized spacial score (nSPS) is 12.7. The molecule has 0 spiro atoms. The Morgan fingerprint density at radius 1 is 1.53 bits per heavy atom. The molecule has 2 nitrogen and oxygen atoms in total. The number of aromatic nitrogens is 2. The van der Waals surface area contributed by atoms with Crippen LogP contribution >= 0.6 is 23.4 Å². The second-order valence-corrected chi connectivity index (χ2v) is 5.29. The van der Waals surface area contributed by atoms with Crippen molar-refractivity contribution in [2.45, 2.75) is 17.2 Å². The van der Waals surface area contributed by atoms with E-state index in [-0.39, 0.29) is 0 Å². The fourth-order valence-corrected chi connectivity index (χ4v) is 3.11. The van der Waals surface area contributed by atoms with Crippen LogP contribution in [-0.4, -0.2) is 9.78 Å². The van der Waals surface area contributed by atoms with E-state index in [4.69, 9.17) is 18.0 Å². The summed E-state index contributed by atoms with van der Waals surface area (Å²) in [5.41, 5.74) is 3.34. The van der Waals surface area contributed by atoms with Gasteiger partial charge in [-0.15, -0.1) is 18.2 Å². The van der Waals surface area contributed by atoms with Crippen molar-refractivity contribution in [1.29, 1.82) is 0 Å². The lowest BCUT2D eigenvalue weighted by Gasteiger charge is -2.14. The summed E-state index contributed by atoms with van der Waals surface area (Å²) < 4.78 is 1.81. The molecule has 0 amide bonds. The van der Waals surface area contributed by atoms with Crippen LogP contribution in [0.3, 0.4) is 0 Å². The predicted octanol–water partition coefficient (Wildman–Crippen LogP) is 3.44. The number of rotatable bonds is 1. The highest BCUT2D eigenvalue weighted by atomic mass is 35.5. The number of benzene rings is 1. The summed E-state index contributed by atoms with van der Waals surface area (Å²) in [6, 6.07) is 5.93. The first-order valence-electron chi connectivity index (χ1n) is 5.20. The molecule has 2 heterocycles. The van der Waals surface area contributed by atoms with E-state index in [2.05, 4.69) is 11.0 Å². The molecule has 0 unspecified atom stereocenters. The van der Waals surface area contributed by atoms with Gasteiger partial charge in [0.05, 0.1) is 5.69 Å². The molecule has 0 N–H and O–H groups in total. The van der Waals surface area contributed by atoms with Crippen LogP contribution in [0.25, 0.3) is 11.3 Å². The van der Waals surface area contributed by atoms with Crippen LogP contribution < -0.4 is 0 Å². The number of thioether (sulfide) groups is 1. The molecular formula is C13H9ClN2S. The Bertz CT molecular complexity index is 625. The fourth-order valence-electron chi connectivity index (χ4n) is 1.94. The van der Waals surface area contributed by atoms with Gasteiger partial charge in [-0.2, -0.15) is 5.10 Å². The number of halogens is 1. The Balaban J connectivity index is 2.15. The Morgan fingerprint density at radius 3 is 3.24 bits per heavy atom. The Labute approximate surface area is 109 Å². The molecule has 2 aromatic rings. The molecule has 17 heavy (non-hydrogen) atoms. The van der Waals surface area contributed by atoms with Crippen molar-refractivity contribution in [3.63, 3.8) is 0 Å². The quantitative estimate of drug-likeness (QED) is 0.731. The van der Waals surface area contributed by atoms with E-state index in [9.17, 15) is 0 Å². The van der Waals surface area contributed by atoms with Gasteiger partial charge in [-0.05, 0) is 18.2 Å². The van der Waals surface area contributed by atoms with Crippen molar-refractivity contribution in [3.05, 3.63) is 35.0 Å². The van der Waals surface area contributed by atoms with Crippen molar-refractivity contribution < 1.29 is 0 Å². The maximum absolute atomic E-state index is 6.03. The van der Waals surface area contributed by atoms with Crippen LogP contribution in [-0.2, 0) is 12.3 Å². The molecule has 0 aliphatic carbocycles. The summed E-state index contributed by atoms with van der Waals surface area (Å²) in [6.45, 7) is 0.508. The molecule has 1 aliphatic rings. The van der Waals surface area contributed by atoms with Crippen LogP contribution in [0.1, 0.15) is 5.56 Å². The topological polar surface area (TPSA) is 17.8 Å². The molecular weight excluding hydrogens is 252 g/mol. The molecule has 1 aromatic heterocycles. The summed E-state index contributed by atoms with van der Waals surface area (Å²) in [4.78, 5) is 1.23. The first-order chi connectivity index (χ1) is 8.28. The third kappa shape index (κ3) is 1.84. The van der Waals surface area contributed by atoms with Crippen molar-refractivity contribution in [1.82, 2.24) is 9.78 Å². The maximum atomic E-state index is 6.03. The summed E-state index contributed by atoms with van der Waals surface area (Å²) in [5, 5.41) is 5.26. The van der Waals surface area contributed by atoms with E-state index in [1.807, 2.05) is 36.2 Å². The SMILES string of the molecule is C#CCn1cc2c(n1)-c1cc(Cl)ccc1SC2. The highest BCUT2D eigenvalue weighted by Crippen LogP contribution is 2.41. The zero-order valence-electron chi connectivity index (χ0n) is 8.98. The predicted molar refractivity (Wildman–Crippen MR) is 71.1 cm³/mol. The van der Waals surface area contributed by atoms with E-state index in [1.54, 1.807) is 4.68 Å². The van der Waals surface area contributed by atoms with Crippen molar-refractivity contribution in [2.24, 2.45) is 0 Å². The van der Waals surface area contributed by atoms with Gasteiger partial charge in [0, 0.05) is 33.0 Å². The van der Waals surface area contributed by atoms with Gasteiger partial charge in [0.2, 0.25) is 0 Å². The molecule has 0 saturated carbocycles. The van der Waals surface area contributed by atoms with E-state index in [0.29, 0.717) is 6.54 Å². The molecule has 84 valence electrons. The van der Waals surface area contributed by atoms with E-state index < -0.39 is 0 Å². The van der Waals surface area contributed by atoms with Gasteiger partial charge >= 0.3 is 0 Å². The summed E-state index contributed by atoms with van der Waals surface area (Å²) in [5.74, 6) is 3.54. The number of nitrogens with zero attached hydrogens (tertiary/aromatic N) is 2. The Morgan fingerprint density at radius 2 is 2.41 bits per heavy atom. The fraction of sp³-hybridized carbons (Fsp3) is 0.154. The minimum absolute atomic E-state index is 0.508. The highest BCUT2D eigenvalue weighted by Gasteiger charge is 2.20. The minimum Gasteiger partial charge on any atom is -0.260 e. The highest BCUT2D eigenvalue weighted by molar-refractivity contribution is 7.98. The standard InChI is InChI=1S/C13H9ClN2S/c1-2-5-16-7-9-8-17-12-4-3-10(14)6-11(12)13(9)15-16/h1,3-4,6-7H,5,8H2. The van der Waals surface area contributed by atoms with Crippen molar-refractivity contribution in [3.8, 4) is 23.6 Å². The first kappa shape index (κ1) is 10.8. The van der Waals surface area contributed by atoms with Crippen molar-refractivity contribution in [2.75, 3.05) is 0 Å². The van der Waals surface area contributed by atoms with Crippen LogP contribution in [0.2, 0.25) is 5.02 Å². The summed E-state index contributed by atoms with van der Waals surface area (Å²) in [7, 11) is 0. The van der Waals surface area contributed by atoms with Crippen LogP contribution in [0.15, 0.2) is 29.3 Å². The summed E-state index contributed by atoms with van der Waals surface area (Å²) >= 11 is 7.84. The number of hydrogen-bond acceptors (Lipinski definition) is 2. The average molecular weight is 261 g/mol. The van der Waals surface area contributed by atoms with Gasteiger partial charge in [-0.25, -0.2) is 0 Å². The third-order valence-corrected chi connectivity index (χ3v) is 4.03. The molecule has 0 saturated heterocycles. The largest absolute Gasteiger partial charge is 0.260 e. The molecule has 1 aliphatic heterocycles. The molecule has 1 aromatic carbocycles. The molecule has 0 bridgehead atoms. The average Bonchev–Trinajstić information content (AvgIpc) is 2.72. The van der Waals surface area contributed by atoms with Gasteiger partial charge in [0.15, 0.2) is 0 Å². The molecule has 0 fully saturated rings. The Kier molecular flexibility index (Phi) is 2.62. The number of fused-ring (bicyclic) bond motifs is 3. The lowest BCUT2D eigenvalue weighted by Crippen LogP contribution is -1.96. The van der Waals surface area contributed by atoms with Gasteiger partial charge in [-0.1, -0.05) is 17.5 Å². The molecule has 4 heteroatoms. The first-order valence-corrected chi connectivity index (χ1v) is 6.57. The molecule has 0 atom stereocenters. The molecule has 3 rings (SSSR count). The maximum Gasteiger partial charge on any atom is 0.101 e. The summed E-state index contributed by atoms with van der Waals surface area (Å²) in [6.07, 6.45) is 7.32. The minimum atomic E-state index is 0.508. The smallest absolute Gasteiger partial charge is 0.101 e. The van der Waals surface area contributed by atoms with Crippen LogP contribution in [0.4, 0.5) is 0 Å². The number of hydrogen-bond donors (Lipinski definition) is 0. The van der Waals surface area contributed by atoms with Gasteiger partial charge < -0.3 is 0 Å². The lowest BCUT2D eigenvalue weighted by atomic mass is 10.1. The van der Waals surface area contributed by atoms with E-state index in [1.165, 1.54) is 10.5 Å². The molecule has 0 radical (unpaired) electrons. The van der Waals surface area contributed by atoms with Crippen molar-refractivity contribution >= 4 is 23.4 Å². The zero-order chi connectivity index (χ0) is 11.8. The van der Waals surface area contributed by atoms with Crippen LogP contribution in [0.5, 0.6) is 0 Å². The Hall–Kier alpha value is -1.37. The third-order valence-electron chi connectivity index (χ3n) is 2.67. The van der Waals surface area contributed by atoms with Gasteiger partial charge in [0.1, 0.15) is 6.54 Å².